The van der Waals surface area contributed by atoms with Gasteiger partial charge in [-0.3, -0.25) is 0 Å². The van der Waals surface area contributed by atoms with Crippen molar-refractivity contribution in [3.8, 4) is 0 Å². The van der Waals surface area contributed by atoms with Crippen LogP contribution in [0.25, 0.3) is 0 Å². The minimum Gasteiger partial charge on any atom is -0.0925 e. The highest BCUT2D eigenvalue weighted by atomic mass is 79.9. The number of benzene rings is 1. The van der Waals surface area contributed by atoms with Crippen molar-refractivity contribution in [2.75, 3.05) is 5.33 Å². The third-order valence-electron chi connectivity index (χ3n) is 4.45. The molecule has 0 aromatic heterocycles. The van der Waals surface area contributed by atoms with Gasteiger partial charge in [-0.05, 0) is 36.8 Å². The Kier molecular flexibility index (Phi) is 10.9. The topological polar surface area (TPSA) is 0 Å². The zero-order valence-electron chi connectivity index (χ0n) is 14.0. The van der Waals surface area contributed by atoms with Crippen LogP contribution < -0.4 is 0 Å². The van der Waals surface area contributed by atoms with E-state index in [1.54, 1.807) is 0 Å². The molecule has 0 fully saturated rings. The standard InChI is InChI=1S/C20H33Br/c1-3-4-5-6-7-8-9-10-14-19(17-21)16-20-15-12-11-13-18(20)2/h11-13,15,19H,3-10,14,16-17H2,1-2H3. The van der Waals surface area contributed by atoms with Gasteiger partial charge >= 0.3 is 0 Å². The minimum absolute atomic E-state index is 0.797. The SMILES string of the molecule is CCCCCCCCCCC(CBr)Cc1ccccc1C. The average Bonchev–Trinajstić information content (AvgIpc) is 2.50. The number of alkyl halides is 1. The average molecular weight is 353 g/mol. The highest BCUT2D eigenvalue weighted by Crippen LogP contribution is 2.21. The summed E-state index contributed by atoms with van der Waals surface area (Å²) >= 11 is 3.71. The molecule has 0 spiro atoms. The first-order valence-corrected chi connectivity index (χ1v) is 10.0. The lowest BCUT2D eigenvalue weighted by atomic mass is 9.93. The summed E-state index contributed by atoms with van der Waals surface area (Å²) in [5.74, 6) is 0.797. The van der Waals surface area contributed by atoms with Gasteiger partial charge < -0.3 is 0 Å². The Labute approximate surface area is 140 Å². The van der Waals surface area contributed by atoms with Gasteiger partial charge in [-0.25, -0.2) is 0 Å². The molecule has 0 N–H and O–H groups in total. The van der Waals surface area contributed by atoms with E-state index in [2.05, 4.69) is 54.0 Å². The van der Waals surface area contributed by atoms with Crippen molar-refractivity contribution in [3.63, 3.8) is 0 Å². The third kappa shape index (κ3) is 8.66. The van der Waals surface area contributed by atoms with Gasteiger partial charge in [0.25, 0.3) is 0 Å². The predicted octanol–water partition coefficient (Wildman–Crippen LogP) is 7.08. The molecule has 0 saturated carbocycles. The maximum atomic E-state index is 3.71. The maximum Gasteiger partial charge on any atom is 0.00628 e. The first-order chi connectivity index (χ1) is 10.3. The molecule has 0 aliphatic carbocycles. The quantitative estimate of drug-likeness (QED) is 0.278. The van der Waals surface area contributed by atoms with E-state index >= 15 is 0 Å². The molecular formula is C20H33Br. The van der Waals surface area contributed by atoms with Crippen LogP contribution >= 0.6 is 15.9 Å². The lowest BCUT2D eigenvalue weighted by Gasteiger charge is -2.15. The summed E-state index contributed by atoms with van der Waals surface area (Å²) in [6, 6.07) is 8.83. The van der Waals surface area contributed by atoms with Crippen LogP contribution in [0.2, 0.25) is 0 Å². The predicted molar refractivity (Wildman–Crippen MR) is 99.4 cm³/mol. The van der Waals surface area contributed by atoms with E-state index in [1.807, 2.05) is 0 Å². The van der Waals surface area contributed by atoms with E-state index in [9.17, 15) is 0 Å². The molecule has 1 aromatic rings. The van der Waals surface area contributed by atoms with Crippen LogP contribution in [0.1, 0.15) is 75.8 Å². The van der Waals surface area contributed by atoms with Gasteiger partial charge in [0.15, 0.2) is 0 Å². The second kappa shape index (κ2) is 12.3. The molecule has 0 saturated heterocycles. The second-order valence-electron chi connectivity index (χ2n) is 6.41. The monoisotopic (exact) mass is 352 g/mol. The van der Waals surface area contributed by atoms with Gasteiger partial charge in [0.05, 0.1) is 0 Å². The van der Waals surface area contributed by atoms with Crippen LogP contribution in [-0.4, -0.2) is 5.33 Å². The summed E-state index contributed by atoms with van der Waals surface area (Å²) in [4.78, 5) is 0. The molecule has 0 aliphatic heterocycles. The largest absolute Gasteiger partial charge is 0.0925 e. The van der Waals surface area contributed by atoms with Crippen molar-refractivity contribution in [1.29, 1.82) is 0 Å². The Balaban J connectivity index is 2.13. The summed E-state index contributed by atoms with van der Waals surface area (Å²) in [6.07, 6.45) is 13.9. The van der Waals surface area contributed by atoms with E-state index in [4.69, 9.17) is 0 Å². The maximum absolute atomic E-state index is 3.71. The molecular weight excluding hydrogens is 320 g/mol. The normalized spacial score (nSPS) is 12.5. The number of rotatable bonds is 12. The number of hydrogen-bond acceptors (Lipinski definition) is 0. The molecule has 0 nitrogen and oxygen atoms in total. The molecule has 21 heavy (non-hydrogen) atoms. The lowest BCUT2D eigenvalue weighted by molar-refractivity contribution is 0.485. The van der Waals surface area contributed by atoms with Crippen molar-refractivity contribution < 1.29 is 0 Å². The van der Waals surface area contributed by atoms with Gasteiger partial charge in [-0.2, -0.15) is 0 Å². The molecule has 120 valence electrons. The van der Waals surface area contributed by atoms with Gasteiger partial charge in [-0.15, -0.1) is 0 Å². The van der Waals surface area contributed by atoms with Crippen molar-refractivity contribution in [2.24, 2.45) is 5.92 Å². The first kappa shape index (κ1) is 18.7. The summed E-state index contributed by atoms with van der Waals surface area (Å²) < 4.78 is 0. The van der Waals surface area contributed by atoms with Crippen LogP contribution in [0, 0.1) is 12.8 Å². The molecule has 0 bridgehead atoms. The highest BCUT2D eigenvalue weighted by molar-refractivity contribution is 9.09. The zero-order valence-corrected chi connectivity index (χ0v) is 15.6. The van der Waals surface area contributed by atoms with Gasteiger partial charge in [0.2, 0.25) is 0 Å². The molecule has 1 atom stereocenters. The molecule has 1 unspecified atom stereocenters. The molecule has 1 rings (SSSR count). The van der Waals surface area contributed by atoms with Crippen LogP contribution in [0.3, 0.4) is 0 Å². The fourth-order valence-corrected chi connectivity index (χ4v) is 3.50. The first-order valence-electron chi connectivity index (χ1n) is 8.88. The van der Waals surface area contributed by atoms with E-state index in [0.717, 1.165) is 11.2 Å². The van der Waals surface area contributed by atoms with E-state index in [0.29, 0.717) is 0 Å². The fourth-order valence-electron chi connectivity index (χ4n) is 2.95. The smallest absolute Gasteiger partial charge is 0.00628 e. The fraction of sp³-hybridized carbons (Fsp3) is 0.700. The Hall–Kier alpha value is -0.300. The number of unbranched alkanes of at least 4 members (excludes halogenated alkanes) is 7. The van der Waals surface area contributed by atoms with Gasteiger partial charge in [0, 0.05) is 5.33 Å². The third-order valence-corrected chi connectivity index (χ3v) is 5.37. The Bertz CT molecular complexity index is 359. The van der Waals surface area contributed by atoms with E-state index in [-0.39, 0.29) is 0 Å². The minimum atomic E-state index is 0.797. The van der Waals surface area contributed by atoms with Crippen molar-refractivity contribution >= 4 is 15.9 Å². The van der Waals surface area contributed by atoms with Crippen LogP contribution in [0.5, 0.6) is 0 Å². The summed E-state index contributed by atoms with van der Waals surface area (Å²) in [5, 5.41) is 1.14. The summed E-state index contributed by atoms with van der Waals surface area (Å²) in [5.41, 5.74) is 2.97. The Morgan fingerprint density at radius 3 is 2.14 bits per heavy atom. The molecule has 0 radical (unpaired) electrons. The highest BCUT2D eigenvalue weighted by Gasteiger charge is 2.09. The van der Waals surface area contributed by atoms with Gasteiger partial charge in [-0.1, -0.05) is 98.5 Å². The Morgan fingerprint density at radius 1 is 0.905 bits per heavy atom. The van der Waals surface area contributed by atoms with Crippen LogP contribution in [-0.2, 0) is 6.42 Å². The number of hydrogen-bond donors (Lipinski definition) is 0. The van der Waals surface area contributed by atoms with Crippen molar-refractivity contribution in [2.45, 2.75) is 78.1 Å². The van der Waals surface area contributed by atoms with Crippen molar-refractivity contribution in [3.05, 3.63) is 35.4 Å². The van der Waals surface area contributed by atoms with Gasteiger partial charge in [0.1, 0.15) is 0 Å². The summed E-state index contributed by atoms with van der Waals surface area (Å²) in [7, 11) is 0. The molecule has 0 heterocycles. The molecule has 1 aromatic carbocycles. The molecule has 0 aliphatic rings. The second-order valence-corrected chi connectivity index (χ2v) is 7.06. The van der Waals surface area contributed by atoms with Crippen molar-refractivity contribution in [1.82, 2.24) is 0 Å². The molecule has 0 amide bonds. The van der Waals surface area contributed by atoms with E-state index < -0.39 is 0 Å². The number of halogens is 1. The lowest BCUT2D eigenvalue weighted by Crippen LogP contribution is -2.07. The van der Waals surface area contributed by atoms with E-state index in [1.165, 1.54) is 75.3 Å². The number of aryl methyl sites for hydroxylation is 1. The molecule has 1 heteroatoms. The summed E-state index contributed by atoms with van der Waals surface area (Å²) in [6.45, 7) is 4.52. The zero-order chi connectivity index (χ0) is 15.3. The Morgan fingerprint density at radius 2 is 1.52 bits per heavy atom. The van der Waals surface area contributed by atoms with Crippen LogP contribution in [0.4, 0.5) is 0 Å². The van der Waals surface area contributed by atoms with Crippen LogP contribution in [0.15, 0.2) is 24.3 Å².